The van der Waals surface area contributed by atoms with E-state index < -0.39 is 4.92 Å². The third-order valence-electron chi connectivity index (χ3n) is 4.02. The van der Waals surface area contributed by atoms with Gasteiger partial charge < -0.3 is 4.90 Å². The zero-order valence-electron chi connectivity index (χ0n) is 14.0. The summed E-state index contributed by atoms with van der Waals surface area (Å²) < 4.78 is 0. The van der Waals surface area contributed by atoms with E-state index in [2.05, 4.69) is 0 Å². The van der Waals surface area contributed by atoms with Crippen molar-refractivity contribution >= 4 is 17.3 Å². The summed E-state index contributed by atoms with van der Waals surface area (Å²) in [7, 11) is 1.73. The zero-order valence-corrected chi connectivity index (χ0v) is 14.0. The Morgan fingerprint density at radius 1 is 1.00 bits per heavy atom. The molecule has 0 saturated heterocycles. The summed E-state index contributed by atoms with van der Waals surface area (Å²) in [6, 6.07) is 8.76. The minimum atomic E-state index is -0.441. The van der Waals surface area contributed by atoms with Crippen molar-refractivity contribution in [3.05, 3.63) is 68.3 Å². The number of nitrogens with zero attached hydrogens (tertiary/aromatic N) is 2. The van der Waals surface area contributed by atoms with Crippen molar-refractivity contribution in [3.63, 3.8) is 0 Å². The fourth-order valence-corrected chi connectivity index (χ4v) is 2.99. The van der Waals surface area contributed by atoms with Crippen LogP contribution in [0.4, 0.5) is 11.4 Å². The third kappa shape index (κ3) is 3.08. The highest BCUT2D eigenvalue weighted by Gasteiger charge is 2.22. The largest absolute Gasteiger partial charge is 0.311 e. The molecular weight excluding hydrogens is 292 g/mol. The van der Waals surface area contributed by atoms with Gasteiger partial charge >= 0.3 is 0 Å². The van der Waals surface area contributed by atoms with Crippen LogP contribution in [-0.2, 0) is 0 Å². The van der Waals surface area contributed by atoms with Gasteiger partial charge in [-0.25, -0.2) is 0 Å². The summed E-state index contributed by atoms with van der Waals surface area (Å²) in [5.41, 5.74) is 4.64. The lowest BCUT2D eigenvalue weighted by Crippen LogP contribution is -2.29. The van der Waals surface area contributed by atoms with Gasteiger partial charge in [-0.1, -0.05) is 18.2 Å². The molecule has 0 aliphatic heterocycles. The van der Waals surface area contributed by atoms with Gasteiger partial charge in [0.2, 0.25) is 0 Å². The van der Waals surface area contributed by atoms with Crippen LogP contribution in [0.15, 0.2) is 30.3 Å². The van der Waals surface area contributed by atoms with Crippen LogP contribution >= 0.6 is 0 Å². The first kappa shape index (κ1) is 16.7. The maximum absolute atomic E-state index is 12.9. The molecule has 0 aliphatic carbocycles. The fraction of sp³-hybridized carbons (Fsp3) is 0.278. The molecule has 0 radical (unpaired) electrons. The average Bonchev–Trinajstić information content (AvgIpc) is 2.45. The normalized spacial score (nSPS) is 10.5. The van der Waals surface area contributed by atoms with E-state index in [1.165, 1.54) is 12.1 Å². The van der Waals surface area contributed by atoms with Crippen molar-refractivity contribution in [2.24, 2.45) is 0 Å². The van der Waals surface area contributed by atoms with Crippen molar-refractivity contribution in [2.75, 3.05) is 11.9 Å². The topological polar surface area (TPSA) is 63.5 Å². The van der Waals surface area contributed by atoms with E-state index in [0.29, 0.717) is 16.7 Å². The number of rotatable bonds is 3. The summed E-state index contributed by atoms with van der Waals surface area (Å²) in [4.78, 5) is 25.0. The van der Waals surface area contributed by atoms with Crippen molar-refractivity contribution in [3.8, 4) is 0 Å². The monoisotopic (exact) mass is 312 g/mol. The van der Waals surface area contributed by atoms with Crippen LogP contribution in [0.3, 0.4) is 0 Å². The van der Waals surface area contributed by atoms with Gasteiger partial charge in [-0.3, -0.25) is 14.9 Å². The van der Waals surface area contributed by atoms with Gasteiger partial charge in [0.25, 0.3) is 11.6 Å². The molecule has 0 bridgehead atoms. The van der Waals surface area contributed by atoms with Crippen molar-refractivity contribution in [2.45, 2.75) is 27.7 Å². The molecule has 5 heteroatoms. The number of amides is 1. The van der Waals surface area contributed by atoms with Crippen molar-refractivity contribution in [1.29, 1.82) is 0 Å². The van der Waals surface area contributed by atoms with Gasteiger partial charge in [-0.2, -0.15) is 0 Å². The first-order chi connectivity index (χ1) is 10.7. The second-order valence-electron chi connectivity index (χ2n) is 5.82. The predicted molar refractivity (Wildman–Crippen MR) is 91.2 cm³/mol. The number of hydrogen-bond acceptors (Lipinski definition) is 3. The molecule has 5 nitrogen and oxygen atoms in total. The third-order valence-corrected chi connectivity index (χ3v) is 4.02. The molecule has 2 rings (SSSR count). The molecule has 0 heterocycles. The van der Waals surface area contributed by atoms with Crippen LogP contribution in [0, 0.1) is 37.8 Å². The highest BCUT2D eigenvalue weighted by molar-refractivity contribution is 6.08. The lowest BCUT2D eigenvalue weighted by molar-refractivity contribution is -0.384. The smallest absolute Gasteiger partial charge is 0.270 e. The van der Waals surface area contributed by atoms with Gasteiger partial charge in [0.05, 0.1) is 4.92 Å². The molecule has 0 atom stereocenters. The maximum atomic E-state index is 12.9. The molecule has 23 heavy (non-hydrogen) atoms. The quantitative estimate of drug-likeness (QED) is 0.633. The zero-order chi connectivity index (χ0) is 17.3. The second kappa shape index (κ2) is 6.20. The molecule has 2 aromatic carbocycles. The van der Waals surface area contributed by atoms with E-state index in [4.69, 9.17) is 0 Å². The molecule has 0 unspecified atom stereocenters. The molecule has 0 aliphatic rings. The number of para-hydroxylation sites is 1. The maximum Gasteiger partial charge on any atom is 0.270 e. The summed E-state index contributed by atoms with van der Waals surface area (Å²) in [5.74, 6) is -0.160. The molecule has 0 N–H and O–H groups in total. The van der Waals surface area contributed by atoms with E-state index in [-0.39, 0.29) is 11.6 Å². The highest BCUT2D eigenvalue weighted by atomic mass is 16.6. The highest BCUT2D eigenvalue weighted by Crippen LogP contribution is 2.28. The number of carbonyl (C=O) groups excluding carboxylic acids is 1. The second-order valence-corrected chi connectivity index (χ2v) is 5.82. The lowest BCUT2D eigenvalue weighted by atomic mass is 9.99. The number of benzene rings is 2. The molecule has 0 saturated carbocycles. The predicted octanol–water partition coefficient (Wildman–Crippen LogP) is 4.11. The lowest BCUT2D eigenvalue weighted by Gasteiger charge is -2.23. The van der Waals surface area contributed by atoms with Gasteiger partial charge in [-0.05, 0) is 49.9 Å². The number of non-ortho nitro benzene ring substituents is 1. The Balaban J connectivity index is 2.51. The van der Waals surface area contributed by atoms with Gasteiger partial charge in [0.1, 0.15) is 0 Å². The molecule has 1 amide bonds. The van der Waals surface area contributed by atoms with Crippen LogP contribution in [-0.4, -0.2) is 17.9 Å². The van der Waals surface area contributed by atoms with E-state index in [0.717, 1.165) is 16.8 Å². The van der Waals surface area contributed by atoms with E-state index in [9.17, 15) is 14.9 Å². The van der Waals surface area contributed by atoms with Crippen LogP contribution in [0.1, 0.15) is 32.6 Å². The first-order valence-corrected chi connectivity index (χ1v) is 7.34. The van der Waals surface area contributed by atoms with Crippen LogP contribution in [0.2, 0.25) is 0 Å². The Kier molecular flexibility index (Phi) is 4.50. The molecular formula is C18H20N2O3. The van der Waals surface area contributed by atoms with Crippen LogP contribution in [0.5, 0.6) is 0 Å². The Morgan fingerprint density at radius 2 is 1.48 bits per heavy atom. The van der Waals surface area contributed by atoms with Gasteiger partial charge in [0, 0.05) is 30.4 Å². The fourth-order valence-electron chi connectivity index (χ4n) is 2.99. The van der Waals surface area contributed by atoms with Crippen LogP contribution < -0.4 is 4.90 Å². The molecule has 2 aromatic rings. The Bertz CT molecular complexity index is 754. The van der Waals surface area contributed by atoms with Gasteiger partial charge in [-0.15, -0.1) is 0 Å². The molecule has 120 valence electrons. The number of carbonyl (C=O) groups is 1. The van der Waals surface area contributed by atoms with E-state index >= 15 is 0 Å². The van der Waals surface area contributed by atoms with Crippen molar-refractivity contribution < 1.29 is 9.72 Å². The minimum Gasteiger partial charge on any atom is -0.311 e. The Morgan fingerprint density at radius 3 is 1.91 bits per heavy atom. The van der Waals surface area contributed by atoms with Gasteiger partial charge in [0.15, 0.2) is 0 Å². The number of aryl methyl sites for hydroxylation is 4. The number of hydrogen-bond donors (Lipinski definition) is 0. The molecule has 0 aromatic heterocycles. The number of anilines is 1. The summed E-state index contributed by atoms with van der Waals surface area (Å²) in [5, 5.41) is 10.9. The van der Waals surface area contributed by atoms with E-state index in [1.54, 1.807) is 25.8 Å². The first-order valence-electron chi connectivity index (χ1n) is 7.34. The Hall–Kier alpha value is -2.69. The minimum absolute atomic E-state index is 0.00581. The number of nitro benzene ring substituents is 1. The summed E-state index contributed by atoms with van der Waals surface area (Å²) in [6.45, 7) is 7.38. The SMILES string of the molecule is Cc1cc([N+](=O)[O-])cc(C)c1C(=O)N(C)c1c(C)cccc1C. The summed E-state index contributed by atoms with van der Waals surface area (Å²) in [6.07, 6.45) is 0. The average molecular weight is 312 g/mol. The van der Waals surface area contributed by atoms with Crippen molar-refractivity contribution in [1.82, 2.24) is 0 Å². The van der Waals surface area contributed by atoms with E-state index in [1.807, 2.05) is 32.0 Å². The Labute approximate surface area is 135 Å². The van der Waals surface area contributed by atoms with Crippen LogP contribution in [0.25, 0.3) is 0 Å². The molecule has 0 fully saturated rings. The number of nitro groups is 1. The summed E-state index contributed by atoms with van der Waals surface area (Å²) >= 11 is 0. The standard InChI is InChI=1S/C18H20N2O3/c1-11-7-6-8-12(2)17(11)19(5)18(21)16-13(3)9-15(20(22)23)10-14(16)4/h6-10H,1-5H3. The molecule has 0 spiro atoms.